The van der Waals surface area contributed by atoms with Gasteiger partial charge >= 0.3 is 0 Å². The molecular weight excluding hydrogens is 302 g/mol. The lowest BCUT2D eigenvalue weighted by molar-refractivity contribution is 1.10. The standard InChI is InChI=1S/C15H12BrN3/c16-12-3-1-2-11(8-12)15-9-14(18-19-15)10-4-6-13(17)7-5-10/h1-9H,17H2,(H,18,19). The number of H-pyrrole nitrogens is 1. The fraction of sp³-hybridized carbons (Fsp3) is 0. The highest BCUT2D eigenvalue weighted by Gasteiger charge is 2.05. The quantitative estimate of drug-likeness (QED) is 0.700. The number of nitrogens with two attached hydrogens (primary N) is 1. The molecule has 2 aromatic carbocycles. The molecule has 0 fully saturated rings. The fourth-order valence-electron chi connectivity index (χ4n) is 1.93. The first kappa shape index (κ1) is 12.0. The van der Waals surface area contributed by atoms with Crippen LogP contribution in [-0.2, 0) is 0 Å². The predicted octanol–water partition coefficient (Wildman–Crippen LogP) is 4.09. The smallest absolute Gasteiger partial charge is 0.0927 e. The molecule has 0 bridgehead atoms. The van der Waals surface area contributed by atoms with Crippen LogP contribution in [-0.4, -0.2) is 10.2 Å². The van der Waals surface area contributed by atoms with Gasteiger partial charge in [-0.15, -0.1) is 0 Å². The van der Waals surface area contributed by atoms with Gasteiger partial charge in [0.1, 0.15) is 0 Å². The number of aromatic amines is 1. The van der Waals surface area contributed by atoms with Crippen LogP contribution in [0.4, 0.5) is 5.69 Å². The minimum Gasteiger partial charge on any atom is -0.399 e. The summed E-state index contributed by atoms with van der Waals surface area (Å²) in [5, 5.41) is 7.40. The van der Waals surface area contributed by atoms with Crippen molar-refractivity contribution in [3.63, 3.8) is 0 Å². The lowest BCUT2D eigenvalue weighted by Gasteiger charge is -1.97. The Kier molecular flexibility index (Phi) is 3.09. The Morgan fingerprint density at radius 2 is 1.74 bits per heavy atom. The maximum Gasteiger partial charge on any atom is 0.0927 e. The van der Waals surface area contributed by atoms with E-state index in [1.54, 1.807) is 0 Å². The van der Waals surface area contributed by atoms with Crippen LogP contribution in [0.5, 0.6) is 0 Å². The number of benzene rings is 2. The van der Waals surface area contributed by atoms with Gasteiger partial charge in [-0.3, -0.25) is 5.10 Å². The zero-order valence-electron chi connectivity index (χ0n) is 10.1. The summed E-state index contributed by atoms with van der Waals surface area (Å²) < 4.78 is 1.05. The summed E-state index contributed by atoms with van der Waals surface area (Å²) >= 11 is 3.47. The predicted molar refractivity (Wildman–Crippen MR) is 81.6 cm³/mol. The number of anilines is 1. The third kappa shape index (κ3) is 2.53. The van der Waals surface area contributed by atoms with Crippen LogP contribution < -0.4 is 5.73 Å². The van der Waals surface area contributed by atoms with E-state index < -0.39 is 0 Å². The van der Waals surface area contributed by atoms with Crippen molar-refractivity contribution in [2.45, 2.75) is 0 Å². The lowest BCUT2D eigenvalue weighted by atomic mass is 10.1. The summed E-state index contributed by atoms with van der Waals surface area (Å²) in [7, 11) is 0. The summed E-state index contributed by atoms with van der Waals surface area (Å²) in [5.74, 6) is 0. The SMILES string of the molecule is Nc1ccc(-c2cc(-c3cccc(Br)c3)[nH]n2)cc1. The Morgan fingerprint density at radius 3 is 2.47 bits per heavy atom. The van der Waals surface area contributed by atoms with Gasteiger partial charge in [0.25, 0.3) is 0 Å². The molecule has 3 nitrogen and oxygen atoms in total. The molecule has 19 heavy (non-hydrogen) atoms. The summed E-state index contributed by atoms with van der Waals surface area (Å²) in [6.07, 6.45) is 0. The summed E-state index contributed by atoms with van der Waals surface area (Å²) in [6.45, 7) is 0. The molecule has 4 heteroatoms. The monoisotopic (exact) mass is 313 g/mol. The summed E-state index contributed by atoms with van der Waals surface area (Å²) in [4.78, 5) is 0. The molecular formula is C15H12BrN3. The third-order valence-corrected chi connectivity index (χ3v) is 3.41. The molecule has 3 N–H and O–H groups in total. The molecule has 0 saturated carbocycles. The maximum absolute atomic E-state index is 5.68. The van der Waals surface area contributed by atoms with Crippen molar-refractivity contribution in [3.8, 4) is 22.5 Å². The number of hydrogen-bond donors (Lipinski definition) is 2. The number of hydrogen-bond acceptors (Lipinski definition) is 2. The van der Waals surface area contributed by atoms with Gasteiger partial charge < -0.3 is 5.73 Å². The molecule has 0 atom stereocenters. The molecule has 0 amide bonds. The van der Waals surface area contributed by atoms with Crippen molar-refractivity contribution >= 4 is 21.6 Å². The molecule has 0 aliphatic rings. The van der Waals surface area contributed by atoms with Gasteiger partial charge in [0.15, 0.2) is 0 Å². The topological polar surface area (TPSA) is 54.7 Å². The first-order chi connectivity index (χ1) is 9.22. The first-order valence-corrected chi connectivity index (χ1v) is 6.69. The maximum atomic E-state index is 5.68. The Hall–Kier alpha value is -2.07. The van der Waals surface area contributed by atoms with E-state index in [9.17, 15) is 0 Å². The molecule has 1 heterocycles. The number of nitrogens with one attached hydrogen (secondary N) is 1. The number of halogens is 1. The molecule has 94 valence electrons. The van der Waals surface area contributed by atoms with Gasteiger partial charge in [-0.05, 0) is 30.3 Å². The Bertz CT molecular complexity index is 701. The van der Waals surface area contributed by atoms with Crippen LogP contribution in [0.1, 0.15) is 0 Å². The van der Waals surface area contributed by atoms with Crippen molar-refractivity contribution in [2.75, 3.05) is 5.73 Å². The molecule has 0 saturated heterocycles. The van der Waals surface area contributed by atoms with E-state index in [1.165, 1.54) is 0 Å². The van der Waals surface area contributed by atoms with Crippen molar-refractivity contribution in [2.24, 2.45) is 0 Å². The highest BCUT2D eigenvalue weighted by Crippen LogP contribution is 2.26. The molecule has 0 spiro atoms. The molecule has 0 aliphatic carbocycles. The summed E-state index contributed by atoms with van der Waals surface area (Å²) in [6, 6.07) is 17.8. The van der Waals surface area contributed by atoms with E-state index in [2.05, 4.69) is 32.2 Å². The molecule has 3 aromatic rings. The van der Waals surface area contributed by atoms with Crippen molar-refractivity contribution < 1.29 is 0 Å². The lowest BCUT2D eigenvalue weighted by Crippen LogP contribution is -1.83. The molecule has 0 unspecified atom stereocenters. The van der Waals surface area contributed by atoms with E-state index >= 15 is 0 Å². The Labute approximate surface area is 119 Å². The van der Waals surface area contributed by atoms with Crippen LogP contribution in [0.3, 0.4) is 0 Å². The van der Waals surface area contributed by atoms with Crippen LogP contribution >= 0.6 is 15.9 Å². The van der Waals surface area contributed by atoms with E-state index in [0.29, 0.717) is 0 Å². The largest absolute Gasteiger partial charge is 0.399 e. The Balaban J connectivity index is 1.97. The van der Waals surface area contributed by atoms with Gasteiger partial charge in [0.05, 0.1) is 11.4 Å². The van der Waals surface area contributed by atoms with Crippen LogP contribution in [0, 0.1) is 0 Å². The van der Waals surface area contributed by atoms with Crippen molar-refractivity contribution in [3.05, 3.63) is 59.1 Å². The number of nitrogens with zero attached hydrogens (tertiary/aromatic N) is 1. The van der Waals surface area contributed by atoms with Crippen molar-refractivity contribution in [1.29, 1.82) is 0 Å². The average Bonchev–Trinajstić information content (AvgIpc) is 2.89. The normalized spacial score (nSPS) is 10.6. The van der Waals surface area contributed by atoms with Crippen LogP contribution in [0.2, 0.25) is 0 Å². The minimum atomic E-state index is 0.756. The van der Waals surface area contributed by atoms with Gasteiger partial charge in [0, 0.05) is 21.3 Å². The van der Waals surface area contributed by atoms with E-state index in [1.807, 2.05) is 48.5 Å². The average molecular weight is 314 g/mol. The molecule has 3 rings (SSSR count). The third-order valence-electron chi connectivity index (χ3n) is 2.92. The van der Waals surface area contributed by atoms with Gasteiger partial charge in [-0.1, -0.05) is 40.2 Å². The molecule has 0 radical (unpaired) electrons. The molecule has 1 aromatic heterocycles. The molecule has 0 aliphatic heterocycles. The second kappa shape index (κ2) is 4.90. The fourth-order valence-corrected chi connectivity index (χ4v) is 2.33. The second-order valence-electron chi connectivity index (χ2n) is 4.30. The van der Waals surface area contributed by atoms with E-state index in [-0.39, 0.29) is 0 Å². The summed E-state index contributed by atoms with van der Waals surface area (Å²) in [5.41, 5.74) is 10.5. The second-order valence-corrected chi connectivity index (χ2v) is 5.21. The van der Waals surface area contributed by atoms with Gasteiger partial charge in [-0.25, -0.2) is 0 Å². The first-order valence-electron chi connectivity index (χ1n) is 5.89. The minimum absolute atomic E-state index is 0.756. The van der Waals surface area contributed by atoms with Crippen LogP contribution in [0.25, 0.3) is 22.5 Å². The zero-order valence-corrected chi connectivity index (χ0v) is 11.7. The van der Waals surface area contributed by atoms with Crippen molar-refractivity contribution in [1.82, 2.24) is 10.2 Å². The van der Waals surface area contributed by atoms with Gasteiger partial charge in [0.2, 0.25) is 0 Å². The van der Waals surface area contributed by atoms with Gasteiger partial charge in [-0.2, -0.15) is 5.10 Å². The van der Waals surface area contributed by atoms with E-state index in [4.69, 9.17) is 5.73 Å². The highest BCUT2D eigenvalue weighted by molar-refractivity contribution is 9.10. The zero-order chi connectivity index (χ0) is 13.2. The Morgan fingerprint density at radius 1 is 0.947 bits per heavy atom. The highest BCUT2D eigenvalue weighted by atomic mass is 79.9. The van der Waals surface area contributed by atoms with E-state index in [0.717, 1.165) is 32.7 Å². The number of rotatable bonds is 2. The number of nitrogen functional groups attached to an aromatic ring is 1. The van der Waals surface area contributed by atoms with Crippen LogP contribution in [0.15, 0.2) is 59.1 Å². The number of aromatic nitrogens is 2.